The lowest BCUT2D eigenvalue weighted by Crippen LogP contribution is -2.40. The van der Waals surface area contributed by atoms with E-state index in [-0.39, 0.29) is 6.61 Å². The number of guanidine groups is 1. The maximum Gasteiger partial charge on any atom is 0.191 e. The highest BCUT2D eigenvalue weighted by Crippen LogP contribution is 2.04. The molecule has 4 nitrogen and oxygen atoms in total. The molecule has 0 spiro atoms. The molecule has 0 fully saturated rings. The van der Waals surface area contributed by atoms with Crippen LogP contribution in [0, 0.1) is 0 Å². The summed E-state index contributed by atoms with van der Waals surface area (Å²) in [5, 5.41) is 15.5. The van der Waals surface area contributed by atoms with Crippen molar-refractivity contribution in [1.29, 1.82) is 0 Å². The Morgan fingerprint density at radius 3 is 3.00 bits per heavy atom. The maximum absolute atomic E-state index is 9.02. The molecule has 3 N–H and O–H groups in total. The van der Waals surface area contributed by atoms with Crippen molar-refractivity contribution < 1.29 is 5.11 Å². The summed E-state index contributed by atoms with van der Waals surface area (Å²) in [6.07, 6.45) is 1.10. The van der Waals surface area contributed by atoms with Crippen molar-refractivity contribution in [2.45, 2.75) is 19.6 Å². The topological polar surface area (TPSA) is 56.6 Å². The number of benzene rings is 1. The van der Waals surface area contributed by atoms with Gasteiger partial charge in [0.15, 0.2) is 5.96 Å². The smallest absolute Gasteiger partial charge is 0.191 e. The second kappa shape index (κ2) is 5.51. The zero-order chi connectivity index (χ0) is 11.2. The number of nitrogens with one attached hydrogen (secondary N) is 2. The fourth-order valence-corrected chi connectivity index (χ4v) is 1.67. The monoisotopic (exact) mass is 219 g/mol. The standard InChI is InChI=1S/C12H17N3O/c16-9-11-4-1-3-10(7-11)8-15-12-13-5-2-6-14-12/h1,3-4,7,16H,2,5-6,8-9H2,(H2,13,14,15). The van der Waals surface area contributed by atoms with Gasteiger partial charge in [-0.3, -0.25) is 4.99 Å². The summed E-state index contributed by atoms with van der Waals surface area (Å²) >= 11 is 0. The molecule has 0 aliphatic carbocycles. The summed E-state index contributed by atoms with van der Waals surface area (Å²) in [4.78, 5) is 4.33. The molecule has 0 amide bonds. The minimum atomic E-state index is 0.0903. The summed E-state index contributed by atoms with van der Waals surface area (Å²) in [6.45, 7) is 2.71. The van der Waals surface area contributed by atoms with Gasteiger partial charge in [-0.2, -0.15) is 0 Å². The van der Waals surface area contributed by atoms with Gasteiger partial charge in [0.05, 0.1) is 6.61 Å². The predicted molar refractivity (Wildman–Crippen MR) is 64.1 cm³/mol. The lowest BCUT2D eigenvalue weighted by molar-refractivity contribution is 0.281. The lowest BCUT2D eigenvalue weighted by Gasteiger charge is -2.16. The molecule has 0 bridgehead atoms. The van der Waals surface area contributed by atoms with E-state index in [9.17, 15) is 0 Å². The number of hydrogen-bond donors (Lipinski definition) is 3. The SMILES string of the molecule is OCc1cccc(CNC2=NCCCN2)c1. The van der Waals surface area contributed by atoms with Crippen molar-refractivity contribution in [2.24, 2.45) is 4.99 Å². The van der Waals surface area contributed by atoms with Crippen molar-refractivity contribution in [3.05, 3.63) is 35.4 Å². The first-order chi connectivity index (χ1) is 7.88. The molecule has 86 valence electrons. The molecule has 0 saturated heterocycles. The normalized spacial score (nSPS) is 15.2. The van der Waals surface area contributed by atoms with E-state index >= 15 is 0 Å². The Kier molecular flexibility index (Phi) is 3.77. The highest BCUT2D eigenvalue weighted by atomic mass is 16.3. The van der Waals surface area contributed by atoms with Crippen molar-refractivity contribution in [3.8, 4) is 0 Å². The van der Waals surface area contributed by atoms with E-state index < -0.39 is 0 Å². The van der Waals surface area contributed by atoms with E-state index in [4.69, 9.17) is 5.11 Å². The maximum atomic E-state index is 9.02. The van der Waals surface area contributed by atoms with E-state index in [1.54, 1.807) is 0 Å². The average Bonchev–Trinajstić information content (AvgIpc) is 2.38. The van der Waals surface area contributed by atoms with Crippen LogP contribution in [0.1, 0.15) is 17.5 Å². The second-order valence-corrected chi connectivity index (χ2v) is 3.84. The summed E-state index contributed by atoms with van der Waals surface area (Å²) < 4.78 is 0. The number of nitrogens with zero attached hydrogens (tertiary/aromatic N) is 1. The summed E-state index contributed by atoms with van der Waals surface area (Å²) in [7, 11) is 0. The first kappa shape index (κ1) is 11.0. The van der Waals surface area contributed by atoms with Crippen LogP contribution in [0.3, 0.4) is 0 Å². The largest absolute Gasteiger partial charge is 0.392 e. The number of aliphatic imine (C=N–C) groups is 1. The van der Waals surface area contributed by atoms with Crippen LogP contribution in [0.4, 0.5) is 0 Å². The van der Waals surface area contributed by atoms with Crippen LogP contribution in [0.5, 0.6) is 0 Å². The van der Waals surface area contributed by atoms with Crippen LogP contribution < -0.4 is 10.6 Å². The Morgan fingerprint density at radius 2 is 2.25 bits per heavy atom. The minimum absolute atomic E-state index is 0.0903. The Labute approximate surface area is 95.4 Å². The third-order valence-electron chi connectivity index (χ3n) is 2.53. The van der Waals surface area contributed by atoms with Crippen molar-refractivity contribution in [2.75, 3.05) is 13.1 Å². The molecule has 1 aromatic rings. The van der Waals surface area contributed by atoms with Gasteiger partial charge in [0, 0.05) is 19.6 Å². The third kappa shape index (κ3) is 2.97. The number of aliphatic hydroxyl groups excluding tert-OH is 1. The van der Waals surface area contributed by atoms with E-state index in [2.05, 4.69) is 15.6 Å². The highest BCUT2D eigenvalue weighted by Gasteiger charge is 2.02. The molecule has 4 heteroatoms. The third-order valence-corrected chi connectivity index (χ3v) is 2.53. The molecule has 16 heavy (non-hydrogen) atoms. The Morgan fingerprint density at radius 1 is 1.38 bits per heavy atom. The average molecular weight is 219 g/mol. The quantitative estimate of drug-likeness (QED) is 0.698. The van der Waals surface area contributed by atoms with Crippen LogP contribution in [0.2, 0.25) is 0 Å². The zero-order valence-corrected chi connectivity index (χ0v) is 9.24. The van der Waals surface area contributed by atoms with Gasteiger partial charge >= 0.3 is 0 Å². The fraction of sp³-hybridized carbons (Fsp3) is 0.417. The van der Waals surface area contributed by atoms with Crippen molar-refractivity contribution in [1.82, 2.24) is 10.6 Å². The number of hydrogen-bond acceptors (Lipinski definition) is 4. The molecule has 1 aromatic carbocycles. The van der Waals surface area contributed by atoms with Crippen LogP contribution in [0.15, 0.2) is 29.3 Å². The fourth-order valence-electron chi connectivity index (χ4n) is 1.67. The Balaban J connectivity index is 1.91. The summed E-state index contributed by atoms with van der Waals surface area (Å²) in [6, 6.07) is 7.91. The molecule has 2 rings (SSSR count). The number of rotatable bonds is 3. The van der Waals surface area contributed by atoms with E-state index in [0.717, 1.165) is 43.1 Å². The van der Waals surface area contributed by atoms with Crippen molar-refractivity contribution in [3.63, 3.8) is 0 Å². The molecule has 1 heterocycles. The van der Waals surface area contributed by atoms with Gasteiger partial charge in [0.25, 0.3) is 0 Å². The van der Waals surface area contributed by atoms with Gasteiger partial charge in [0.1, 0.15) is 0 Å². The lowest BCUT2D eigenvalue weighted by atomic mass is 10.1. The van der Waals surface area contributed by atoms with Crippen LogP contribution >= 0.6 is 0 Å². The Hall–Kier alpha value is -1.55. The van der Waals surface area contributed by atoms with Gasteiger partial charge in [-0.1, -0.05) is 24.3 Å². The molecule has 0 atom stereocenters. The van der Waals surface area contributed by atoms with Gasteiger partial charge in [-0.05, 0) is 17.5 Å². The summed E-state index contributed by atoms with van der Waals surface area (Å²) in [5.74, 6) is 0.876. The summed E-state index contributed by atoms with van der Waals surface area (Å²) in [5.41, 5.74) is 2.10. The molecular formula is C12H17N3O. The molecule has 0 saturated carbocycles. The van der Waals surface area contributed by atoms with E-state index in [0.29, 0.717) is 0 Å². The van der Waals surface area contributed by atoms with Gasteiger partial charge in [-0.15, -0.1) is 0 Å². The molecule has 0 radical (unpaired) electrons. The van der Waals surface area contributed by atoms with Crippen molar-refractivity contribution >= 4 is 5.96 Å². The first-order valence-corrected chi connectivity index (χ1v) is 5.59. The first-order valence-electron chi connectivity index (χ1n) is 5.59. The predicted octanol–water partition coefficient (Wildman–Crippen LogP) is 0.618. The van der Waals surface area contributed by atoms with Gasteiger partial charge in [0.2, 0.25) is 0 Å². The Bertz CT molecular complexity index is 376. The molecule has 0 aromatic heterocycles. The molecule has 1 aliphatic rings. The number of aliphatic hydroxyl groups is 1. The zero-order valence-electron chi connectivity index (χ0n) is 9.24. The van der Waals surface area contributed by atoms with E-state index in [1.807, 2.05) is 24.3 Å². The highest BCUT2D eigenvalue weighted by molar-refractivity contribution is 5.80. The molecule has 0 unspecified atom stereocenters. The van der Waals surface area contributed by atoms with Crippen LogP contribution in [0.25, 0.3) is 0 Å². The van der Waals surface area contributed by atoms with Crippen LogP contribution in [-0.2, 0) is 13.2 Å². The van der Waals surface area contributed by atoms with Gasteiger partial charge < -0.3 is 15.7 Å². The molecular weight excluding hydrogens is 202 g/mol. The van der Waals surface area contributed by atoms with Crippen LogP contribution in [-0.4, -0.2) is 24.2 Å². The van der Waals surface area contributed by atoms with Gasteiger partial charge in [-0.25, -0.2) is 0 Å². The molecule has 1 aliphatic heterocycles. The van der Waals surface area contributed by atoms with E-state index in [1.165, 1.54) is 0 Å². The minimum Gasteiger partial charge on any atom is -0.392 e. The second-order valence-electron chi connectivity index (χ2n) is 3.84.